The molecule has 0 saturated carbocycles. The van der Waals surface area contributed by atoms with Gasteiger partial charge in [-0.3, -0.25) is 4.98 Å². The minimum Gasteiger partial charge on any atom is -0.495 e. The van der Waals surface area contributed by atoms with Crippen molar-refractivity contribution in [1.82, 2.24) is 4.98 Å². The molecule has 1 rings (SSSR count). The van der Waals surface area contributed by atoms with Crippen molar-refractivity contribution in [3.05, 3.63) is 11.6 Å². The summed E-state index contributed by atoms with van der Waals surface area (Å²) in [6, 6.07) is 1.62. The second-order valence-corrected chi connectivity index (χ2v) is 6.87. The maximum absolute atomic E-state index is 9.52. The zero-order valence-corrected chi connectivity index (χ0v) is 15.1. The molecule has 0 radical (unpaired) electrons. The molecule has 0 aliphatic carbocycles. The number of H-pyrrole nitrogens is 1. The van der Waals surface area contributed by atoms with Gasteiger partial charge in [0.1, 0.15) is 0 Å². The number of hydrogen-bond donors (Lipinski definition) is 3. The van der Waals surface area contributed by atoms with E-state index in [-0.39, 0.29) is 11.8 Å². The lowest BCUT2D eigenvalue weighted by molar-refractivity contribution is 0.422. The molecule has 134 valence electrons. The van der Waals surface area contributed by atoms with Crippen LogP contribution in [0.2, 0.25) is 0 Å². The summed E-state index contributed by atoms with van der Waals surface area (Å²) in [5.41, 5.74) is 0.835. The van der Waals surface area contributed by atoms with E-state index < -0.39 is 0 Å². The van der Waals surface area contributed by atoms with Crippen LogP contribution >= 0.6 is 0 Å². The lowest BCUT2D eigenvalue weighted by atomic mass is 10.0. The molecule has 0 spiro atoms. The van der Waals surface area contributed by atoms with Gasteiger partial charge in [-0.2, -0.15) is 0 Å². The molecule has 0 amide bonds. The van der Waals surface area contributed by atoms with Gasteiger partial charge in [-0.25, -0.2) is 0 Å². The van der Waals surface area contributed by atoms with Gasteiger partial charge in [0.05, 0.1) is 0 Å². The number of aromatic nitrogens is 1. The molecule has 3 nitrogen and oxygen atoms in total. The summed E-state index contributed by atoms with van der Waals surface area (Å²) < 4.78 is 0. The van der Waals surface area contributed by atoms with Gasteiger partial charge in [-0.1, -0.05) is 90.4 Å². The van der Waals surface area contributed by atoms with E-state index >= 15 is 0 Å². The highest BCUT2D eigenvalue weighted by molar-refractivity contribution is 5.32. The van der Waals surface area contributed by atoms with Crippen molar-refractivity contribution in [2.45, 2.75) is 103 Å². The number of aromatic hydroxyl groups is 2. The minimum absolute atomic E-state index is 0.0582. The van der Waals surface area contributed by atoms with Crippen LogP contribution in [0, 0.1) is 0 Å². The second kappa shape index (κ2) is 13.3. The summed E-state index contributed by atoms with van der Waals surface area (Å²) >= 11 is 0. The van der Waals surface area contributed by atoms with Crippen LogP contribution < -0.4 is 0 Å². The highest BCUT2D eigenvalue weighted by atomic mass is 16.3. The fourth-order valence-electron chi connectivity index (χ4n) is 3.17. The number of hydrogen-bond acceptors (Lipinski definition) is 2. The molecule has 0 aliphatic heterocycles. The van der Waals surface area contributed by atoms with Crippen LogP contribution in [0.1, 0.15) is 102 Å². The summed E-state index contributed by atoms with van der Waals surface area (Å²) in [7, 11) is 0. The third-order valence-electron chi connectivity index (χ3n) is 4.66. The normalized spacial score (nSPS) is 11.2. The number of rotatable bonds is 15. The monoisotopic (exact) mass is 323 g/mol. The predicted molar refractivity (Wildman–Crippen MR) is 98.1 cm³/mol. The van der Waals surface area contributed by atoms with Crippen LogP contribution in [-0.2, 0) is 6.42 Å². The van der Waals surface area contributed by atoms with Crippen molar-refractivity contribution >= 4 is 0 Å². The van der Waals surface area contributed by atoms with Crippen LogP contribution in [-0.4, -0.2) is 15.2 Å². The summed E-state index contributed by atoms with van der Waals surface area (Å²) in [6.07, 6.45) is 19.8. The fourth-order valence-corrected chi connectivity index (χ4v) is 3.17. The molecule has 0 fully saturated rings. The lowest BCUT2D eigenvalue weighted by Gasteiger charge is -2.03. The average Bonchev–Trinajstić information content (AvgIpc) is 2.85. The Morgan fingerprint density at radius 3 is 1.52 bits per heavy atom. The van der Waals surface area contributed by atoms with E-state index in [0.717, 1.165) is 18.4 Å². The van der Waals surface area contributed by atoms with Crippen LogP contribution in [0.5, 0.6) is 11.8 Å². The molecule has 0 bridgehead atoms. The first-order chi connectivity index (χ1) is 11.2. The standard InChI is InChI=1S/C20H37NO2/c1-2-3-4-5-6-7-8-9-10-11-12-13-14-15-16-18-17-19(22)21-20(18)23/h17,21-23H,2-16H2,1H3. The Labute approximate surface area is 142 Å². The predicted octanol–water partition coefficient (Wildman–Crippen LogP) is 6.45. The zero-order valence-electron chi connectivity index (χ0n) is 15.1. The second-order valence-electron chi connectivity index (χ2n) is 6.87. The largest absolute Gasteiger partial charge is 0.495 e. The van der Waals surface area contributed by atoms with E-state index in [4.69, 9.17) is 0 Å². The van der Waals surface area contributed by atoms with Gasteiger partial charge in [0.15, 0.2) is 11.8 Å². The van der Waals surface area contributed by atoms with E-state index in [1.54, 1.807) is 6.07 Å². The van der Waals surface area contributed by atoms with Gasteiger partial charge in [0, 0.05) is 11.6 Å². The van der Waals surface area contributed by atoms with Gasteiger partial charge in [-0.05, 0) is 12.8 Å². The van der Waals surface area contributed by atoms with Crippen molar-refractivity contribution in [2.24, 2.45) is 0 Å². The molecule has 0 aliphatic rings. The van der Waals surface area contributed by atoms with Gasteiger partial charge >= 0.3 is 0 Å². The van der Waals surface area contributed by atoms with Crippen molar-refractivity contribution in [2.75, 3.05) is 0 Å². The van der Waals surface area contributed by atoms with Gasteiger partial charge in [-0.15, -0.1) is 0 Å². The number of nitrogens with one attached hydrogen (secondary N) is 1. The molecule has 0 aromatic carbocycles. The number of aromatic amines is 1. The molecule has 3 N–H and O–H groups in total. The first-order valence-electron chi connectivity index (χ1n) is 9.84. The molecule has 0 atom stereocenters. The Kier molecular flexibility index (Phi) is 11.5. The van der Waals surface area contributed by atoms with Crippen LogP contribution in [0.15, 0.2) is 6.07 Å². The summed E-state index contributed by atoms with van der Waals surface area (Å²) in [6.45, 7) is 2.27. The highest BCUT2D eigenvalue weighted by Crippen LogP contribution is 2.23. The maximum Gasteiger partial charge on any atom is 0.194 e. The summed E-state index contributed by atoms with van der Waals surface area (Å²) in [4.78, 5) is 2.52. The smallest absolute Gasteiger partial charge is 0.194 e. The molecule has 1 heterocycles. The van der Waals surface area contributed by atoms with E-state index in [1.807, 2.05) is 0 Å². The van der Waals surface area contributed by atoms with E-state index in [9.17, 15) is 10.2 Å². The molecule has 1 aromatic heterocycles. The topological polar surface area (TPSA) is 56.2 Å². The molecule has 0 unspecified atom stereocenters. The Morgan fingerprint density at radius 2 is 1.13 bits per heavy atom. The first kappa shape index (κ1) is 19.9. The van der Waals surface area contributed by atoms with Crippen molar-refractivity contribution in [3.63, 3.8) is 0 Å². The fraction of sp³-hybridized carbons (Fsp3) is 0.800. The van der Waals surface area contributed by atoms with E-state index in [0.29, 0.717) is 0 Å². The zero-order chi connectivity index (χ0) is 16.8. The van der Waals surface area contributed by atoms with Crippen LogP contribution in [0.3, 0.4) is 0 Å². The summed E-state index contributed by atoms with van der Waals surface area (Å²) in [5.74, 6) is 0.181. The van der Waals surface area contributed by atoms with Crippen molar-refractivity contribution < 1.29 is 10.2 Å². The minimum atomic E-state index is 0.0582. The molecule has 1 aromatic rings. The van der Waals surface area contributed by atoms with Crippen LogP contribution in [0.4, 0.5) is 0 Å². The third-order valence-corrected chi connectivity index (χ3v) is 4.66. The molecule has 23 heavy (non-hydrogen) atoms. The molecular formula is C20H37NO2. The molecule has 0 saturated heterocycles. The Hall–Kier alpha value is -1.12. The van der Waals surface area contributed by atoms with Gasteiger partial charge in [0.2, 0.25) is 0 Å². The highest BCUT2D eigenvalue weighted by Gasteiger charge is 2.05. The molecular weight excluding hydrogens is 286 g/mol. The number of aryl methyl sites for hydroxylation is 1. The van der Waals surface area contributed by atoms with Crippen molar-refractivity contribution in [3.8, 4) is 11.8 Å². The lowest BCUT2D eigenvalue weighted by Crippen LogP contribution is -1.85. The average molecular weight is 324 g/mol. The van der Waals surface area contributed by atoms with Crippen molar-refractivity contribution in [1.29, 1.82) is 0 Å². The summed E-state index contributed by atoms with van der Waals surface area (Å²) in [5, 5.41) is 18.8. The van der Waals surface area contributed by atoms with Crippen LogP contribution in [0.25, 0.3) is 0 Å². The van der Waals surface area contributed by atoms with E-state index in [1.165, 1.54) is 83.5 Å². The van der Waals surface area contributed by atoms with Gasteiger partial charge < -0.3 is 10.2 Å². The first-order valence-corrected chi connectivity index (χ1v) is 9.84. The Bertz CT molecular complexity index is 387. The SMILES string of the molecule is CCCCCCCCCCCCCCCCc1cc(O)[nH]c1O. The third kappa shape index (κ3) is 10.3. The molecule has 3 heteroatoms. The maximum atomic E-state index is 9.52. The van der Waals surface area contributed by atoms with E-state index in [2.05, 4.69) is 11.9 Å². The quantitative estimate of drug-likeness (QED) is 0.325. The van der Waals surface area contributed by atoms with Gasteiger partial charge in [0.25, 0.3) is 0 Å². The Balaban J connectivity index is 1.79. The number of unbranched alkanes of at least 4 members (excludes halogenated alkanes) is 13. The Morgan fingerprint density at radius 1 is 0.696 bits per heavy atom.